The van der Waals surface area contributed by atoms with Gasteiger partial charge in [-0.25, -0.2) is 9.78 Å². The summed E-state index contributed by atoms with van der Waals surface area (Å²) in [7, 11) is 1.53. The molecule has 0 bridgehead atoms. The van der Waals surface area contributed by atoms with E-state index in [1.54, 1.807) is 0 Å². The third kappa shape index (κ3) is 3.47. The molecular formula is C19H30N6O3. The molecule has 1 aromatic heterocycles. The number of nitrogens with zero attached hydrogens (tertiary/aromatic N) is 4. The molecule has 0 aromatic carbocycles. The summed E-state index contributed by atoms with van der Waals surface area (Å²) in [6.45, 7) is 4.42. The van der Waals surface area contributed by atoms with Gasteiger partial charge in [0.25, 0.3) is 0 Å². The van der Waals surface area contributed by atoms with Crippen LogP contribution in [-0.2, 0) is 14.9 Å². The van der Waals surface area contributed by atoms with Gasteiger partial charge in [-0.3, -0.25) is 9.89 Å². The van der Waals surface area contributed by atoms with E-state index in [4.69, 9.17) is 4.74 Å². The zero-order valence-electron chi connectivity index (χ0n) is 16.7. The Morgan fingerprint density at radius 1 is 1.29 bits per heavy atom. The predicted molar refractivity (Wildman–Crippen MR) is 102 cm³/mol. The number of fused-ring (bicyclic) bond motifs is 1. The quantitative estimate of drug-likeness (QED) is 0.792. The summed E-state index contributed by atoms with van der Waals surface area (Å²) < 4.78 is 5.02. The molecule has 154 valence electrons. The Hall–Kier alpha value is -2.16. The molecular weight excluding hydrogens is 360 g/mol. The first kappa shape index (κ1) is 19.2. The first-order chi connectivity index (χ1) is 13.5. The number of hydrogen-bond donors (Lipinski definition) is 2. The number of aryl methyl sites for hydroxylation is 1. The molecule has 0 radical (unpaired) electrons. The Morgan fingerprint density at radius 2 is 2.04 bits per heavy atom. The lowest BCUT2D eigenvalue weighted by Crippen LogP contribution is -2.52. The average molecular weight is 390 g/mol. The lowest BCUT2D eigenvalue weighted by molar-refractivity contribution is -0.137. The summed E-state index contributed by atoms with van der Waals surface area (Å²) >= 11 is 0. The number of carbonyl (C=O) groups excluding carboxylic acids is 2. The van der Waals surface area contributed by atoms with Gasteiger partial charge in [-0.1, -0.05) is 12.8 Å². The second-order valence-electron chi connectivity index (χ2n) is 8.43. The fraction of sp³-hybridized carbons (Fsp3) is 0.789. The largest absolute Gasteiger partial charge is 0.375 e. The van der Waals surface area contributed by atoms with Gasteiger partial charge in [-0.05, 0) is 26.2 Å². The maximum absolute atomic E-state index is 12.9. The molecule has 2 aliphatic heterocycles. The zero-order valence-corrected chi connectivity index (χ0v) is 16.7. The van der Waals surface area contributed by atoms with Gasteiger partial charge < -0.3 is 19.9 Å². The molecule has 9 nitrogen and oxygen atoms in total. The first-order valence-corrected chi connectivity index (χ1v) is 10.2. The van der Waals surface area contributed by atoms with E-state index in [-0.39, 0.29) is 35.9 Å². The molecule has 3 heterocycles. The summed E-state index contributed by atoms with van der Waals surface area (Å²) in [5.74, 6) is 1.66. The summed E-state index contributed by atoms with van der Waals surface area (Å²) in [6.07, 6.45) is 5.24. The van der Waals surface area contributed by atoms with Crippen LogP contribution >= 0.6 is 0 Å². The van der Waals surface area contributed by atoms with Gasteiger partial charge in [0.1, 0.15) is 12.4 Å². The first-order valence-electron chi connectivity index (χ1n) is 10.2. The van der Waals surface area contributed by atoms with Crippen molar-refractivity contribution in [3.8, 4) is 0 Å². The van der Waals surface area contributed by atoms with Crippen molar-refractivity contribution < 1.29 is 14.3 Å². The highest BCUT2D eigenvalue weighted by Gasteiger charge is 2.54. The van der Waals surface area contributed by atoms with Gasteiger partial charge in [0, 0.05) is 45.2 Å². The molecule has 1 saturated carbocycles. The number of rotatable bonds is 4. The van der Waals surface area contributed by atoms with Crippen LogP contribution in [0.25, 0.3) is 0 Å². The Labute approximate surface area is 165 Å². The molecule has 2 saturated heterocycles. The molecule has 9 heteroatoms. The van der Waals surface area contributed by atoms with Gasteiger partial charge in [0.15, 0.2) is 5.82 Å². The molecule has 3 amide bonds. The highest BCUT2D eigenvalue weighted by molar-refractivity contribution is 5.78. The number of amides is 3. The van der Waals surface area contributed by atoms with Crippen molar-refractivity contribution in [2.45, 2.75) is 50.5 Å². The SMILES string of the molecule is COCC(=O)N1CC[C@@]2(c3n[nH]c(C)n3)CN(C(=O)NC3CCCC3)C[C@H]2C1. The molecule has 28 heavy (non-hydrogen) atoms. The van der Waals surface area contributed by atoms with Gasteiger partial charge in [-0.15, -0.1) is 0 Å². The van der Waals surface area contributed by atoms with Crippen LogP contribution in [0.4, 0.5) is 4.79 Å². The van der Waals surface area contributed by atoms with Crippen molar-refractivity contribution in [2.24, 2.45) is 5.92 Å². The fourth-order valence-electron chi connectivity index (χ4n) is 5.04. The zero-order chi connectivity index (χ0) is 19.7. The fourth-order valence-corrected chi connectivity index (χ4v) is 5.04. The minimum Gasteiger partial charge on any atom is -0.375 e. The van der Waals surface area contributed by atoms with Gasteiger partial charge in [0.05, 0.1) is 5.41 Å². The number of urea groups is 1. The van der Waals surface area contributed by atoms with Gasteiger partial charge >= 0.3 is 6.03 Å². The maximum Gasteiger partial charge on any atom is 0.317 e. The van der Waals surface area contributed by atoms with Gasteiger partial charge in [0.2, 0.25) is 5.91 Å². The van der Waals surface area contributed by atoms with E-state index in [0.29, 0.717) is 26.2 Å². The Balaban J connectivity index is 1.53. The minimum absolute atomic E-state index is 0.00250. The van der Waals surface area contributed by atoms with E-state index in [9.17, 15) is 9.59 Å². The van der Waals surface area contributed by atoms with Crippen LogP contribution in [0.1, 0.15) is 43.8 Å². The number of methoxy groups -OCH3 is 1. The summed E-state index contributed by atoms with van der Waals surface area (Å²) in [4.78, 5) is 33.6. The Bertz CT molecular complexity index is 731. The second-order valence-corrected chi connectivity index (χ2v) is 8.43. The number of ether oxygens (including phenoxy) is 1. The number of H-pyrrole nitrogens is 1. The number of piperidine rings is 1. The summed E-state index contributed by atoms with van der Waals surface area (Å²) in [5, 5.41) is 10.6. The number of hydrogen-bond acceptors (Lipinski definition) is 5. The van der Waals surface area contributed by atoms with Crippen LogP contribution in [0.15, 0.2) is 0 Å². The molecule has 1 aromatic rings. The molecule has 4 rings (SSSR count). The average Bonchev–Trinajstić information content (AvgIpc) is 3.40. The second kappa shape index (κ2) is 7.69. The van der Waals surface area contributed by atoms with Crippen molar-refractivity contribution in [3.63, 3.8) is 0 Å². The van der Waals surface area contributed by atoms with Crippen molar-refractivity contribution >= 4 is 11.9 Å². The van der Waals surface area contributed by atoms with E-state index < -0.39 is 0 Å². The number of carbonyl (C=O) groups is 2. The van der Waals surface area contributed by atoms with Crippen LogP contribution in [0, 0.1) is 12.8 Å². The third-order valence-corrected chi connectivity index (χ3v) is 6.60. The van der Waals surface area contributed by atoms with E-state index in [1.807, 2.05) is 16.7 Å². The smallest absolute Gasteiger partial charge is 0.317 e. The predicted octanol–water partition coefficient (Wildman–Crippen LogP) is 0.814. The molecule has 1 aliphatic carbocycles. The Kier molecular flexibility index (Phi) is 5.27. The minimum atomic E-state index is -0.304. The third-order valence-electron chi connectivity index (χ3n) is 6.60. The maximum atomic E-state index is 12.9. The monoisotopic (exact) mass is 390 g/mol. The molecule has 3 fully saturated rings. The van der Waals surface area contributed by atoms with E-state index in [2.05, 4.69) is 20.5 Å². The molecule has 0 unspecified atom stereocenters. The lowest BCUT2D eigenvalue weighted by Gasteiger charge is -2.41. The van der Waals surface area contributed by atoms with Gasteiger partial charge in [-0.2, -0.15) is 5.10 Å². The molecule has 3 aliphatic rings. The lowest BCUT2D eigenvalue weighted by atomic mass is 9.72. The Morgan fingerprint density at radius 3 is 2.71 bits per heavy atom. The van der Waals surface area contributed by atoms with Crippen LogP contribution in [0.2, 0.25) is 0 Å². The van der Waals surface area contributed by atoms with E-state index in [1.165, 1.54) is 20.0 Å². The summed E-state index contributed by atoms with van der Waals surface area (Å²) in [6, 6.07) is 0.291. The molecule has 0 spiro atoms. The summed E-state index contributed by atoms with van der Waals surface area (Å²) in [5.41, 5.74) is -0.304. The number of likely N-dealkylation sites (tertiary alicyclic amines) is 2. The number of nitrogens with one attached hydrogen (secondary N) is 2. The van der Waals surface area contributed by atoms with Crippen molar-refractivity contribution in [3.05, 3.63) is 11.6 Å². The van der Waals surface area contributed by atoms with Crippen LogP contribution < -0.4 is 5.32 Å². The van der Waals surface area contributed by atoms with Crippen molar-refractivity contribution in [2.75, 3.05) is 39.9 Å². The van der Waals surface area contributed by atoms with Crippen molar-refractivity contribution in [1.82, 2.24) is 30.3 Å². The standard InChI is InChI=1S/C19H30N6O3/c1-13-20-17(23-22-13)19-7-8-24(16(26)11-28-2)9-14(19)10-25(12-19)18(27)21-15-5-3-4-6-15/h14-15H,3-12H2,1-2H3,(H,21,27)(H,20,22,23)/t14-,19-/m1/s1. The normalized spacial score (nSPS) is 27.9. The van der Waals surface area contributed by atoms with E-state index >= 15 is 0 Å². The highest BCUT2D eigenvalue weighted by atomic mass is 16.5. The molecule has 2 atom stereocenters. The molecule has 2 N–H and O–H groups in total. The number of aromatic nitrogens is 3. The topological polar surface area (TPSA) is 103 Å². The van der Waals surface area contributed by atoms with Crippen LogP contribution in [-0.4, -0.2) is 82.9 Å². The van der Waals surface area contributed by atoms with E-state index in [0.717, 1.165) is 30.9 Å². The number of aromatic amines is 1. The highest BCUT2D eigenvalue weighted by Crippen LogP contribution is 2.44. The van der Waals surface area contributed by atoms with Crippen LogP contribution in [0.3, 0.4) is 0 Å². The van der Waals surface area contributed by atoms with Crippen molar-refractivity contribution in [1.29, 1.82) is 0 Å². The van der Waals surface area contributed by atoms with Crippen LogP contribution in [0.5, 0.6) is 0 Å².